The average Bonchev–Trinajstić information content (AvgIpc) is 2.45. The number of hydrogen-bond acceptors (Lipinski definition) is 5. The number of nitro groups is 1. The van der Waals surface area contributed by atoms with E-state index in [1.807, 2.05) is 13.8 Å². The summed E-state index contributed by atoms with van der Waals surface area (Å²) in [5.74, 6) is -0.667. The number of nitrogens with zero attached hydrogens (tertiary/aromatic N) is 1. The summed E-state index contributed by atoms with van der Waals surface area (Å²) in [6, 6.07) is 5.14. The number of nitrogens with one attached hydrogen (secondary N) is 1. The lowest BCUT2D eigenvalue weighted by Crippen LogP contribution is -2.43. The van der Waals surface area contributed by atoms with Crippen molar-refractivity contribution >= 4 is 17.6 Å². The van der Waals surface area contributed by atoms with Crippen molar-refractivity contribution in [3.63, 3.8) is 0 Å². The van der Waals surface area contributed by atoms with Crippen LogP contribution in [-0.2, 0) is 20.7 Å². The van der Waals surface area contributed by atoms with Crippen LogP contribution in [0.3, 0.4) is 0 Å². The molecule has 1 N–H and O–H groups in total. The first-order chi connectivity index (χ1) is 10.3. The molecule has 0 aromatic heterocycles. The van der Waals surface area contributed by atoms with Crippen molar-refractivity contribution in [1.82, 2.24) is 5.32 Å². The van der Waals surface area contributed by atoms with Crippen LogP contribution in [0, 0.1) is 16.0 Å². The van der Waals surface area contributed by atoms with E-state index in [1.54, 1.807) is 6.07 Å². The molecule has 0 fully saturated rings. The van der Waals surface area contributed by atoms with Crippen molar-refractivity contribution in [1.29, 1.82) is 0 Å². The van der Waals surface area contributed by atoms with Crippen LogP contribution in [0.15, 0.2) is 24.3 Å². The number of nitro benzene ring substituents is 1. The van der Waals surface area contributed by atoms with Gasteiger partial charge in [-0.25, -0.2) is 4.79 Å². The van der Waals surface area contributed by atoms with E-state index < -0.39 is 16.9 Å². The number of non-ortho nitro benzene ring substituents is 1. The van der Waals surface area contributed by atoms with Crippen LogP contribution in [0.1, 0.15) is 25.8 Å². The standard InChI is InChI=1S/C15H20N2O5/c1-10(2)7-13(15(19)22-3)16-14(18)9-11-5-4-6-12(8-11)17(20)21/h4-6,8,10,13H,7,9H2,1-3H3,(H,16,18)/t13-/m0/s1. The highest BCUT2D eigenvalue weighted by Crippen LogP contribution is 2.14. The van der Waals surface area contributed by atoms with Gasteiger partial charge in [-0.3, -0.25) is 14.9 Å². The predicted molar refractivity (Wildman–Crippen MR) is 80.2 cm³/mol. The summed E-state index contributed by atoms with van der Waals surface area (Å²) in [6.07, 6.45) is 0.431. The molecule has 1 rings (SSSR count). The highest BCUT2D eigenvalue weighted by atomic mass is 16.6. The number of benzene rings is 1. The van der Waals surface area contributed by atoms with E-state index in [2.05, 4.69) is 10.1 Å². The van der Waals surface area contributed by atoms with Gasteiger partial charge in [0.25, 0.3) is 5.69 Å². The Bertz CT molecular complexity index is 557. The van der Waals surface area contributed by atoms with Crippen LogP contribution in [0.2, 0.25) is 0 Å². The molecular weight excluding hydrogens is 288 g/mol. The monoisotopic (exact) mass is 308 g/mol. The number of rotatable bonds is 7. The zero-order valence-electron chi connectivity index (χ0n) is 12.9. The fourth-order valence-electron chi connectivity index (χ4n) is 2.04. The van der Waals surface area contributed by atoms with Crippen molar-refractivity contribution in [3.05, 3.63) is 39.9 Å². The number of methoxy groups -OCH3 is 1. The van der Waals surface area contributed by atoms with Crippen LogP contribution < -0.4 is 5.32 Å². The van der Waals surface area contributed by atoms with E-state index in [-0.39, 0.29) is 23.9 Å². The van der Waals surface area contributed by atoms with Crippen LogP contribution >= 0.6 is 0 Å². The Morgan fingerprint density at radius 2 is 2.05 bits per heavy atom. The second-order valence-corrected chi connectivity index (χ2v) is 5.38. The maximum absolute atomic E-state index is 12.0. The SMILES string of the molecule is COC(=O)[C@H](CC(C)C)NC(=O)Cc1cccc([N+](=O)[O-])c1. The molecule has 1 aromatic carbocycles. The second kappa shape index (κ2) is 8.11. The molecule has 0 aliphatic heterocycles. The summed E-state index contributed by atoms with van der Waals surface area (Å²) in [6.45, 7) is 3.87. The number of carbonyl (C=O) groups is 2. The van der Waals surface area contributed by atoms with Crippen molar-refractivity contribution in [2.75, 3.05) is 7.11 Å². The average molecular weight is 308 g/mol. The van der Waals surface area contributed by atoms with Gasteiger partial charge >= 0.3 is 5.97 Å². The van der Waals surface area contributed by atoms with E-state index in [1.165, 1.54) is 25.3 Å². The normalized spacial score (nSPS) is 11.8. The molecular formula is C15H20N2O5. The quantitative estimate of drug-likeness (QED) is 0.471. The molecule has 0 unspecified atom stereocenters. The zero-order chi connectivity index (χ0) is 16.7. The van der Waals surface area contributed by atoms with Gasteiger partial charge in [-0.1, -0.05) is 26.0 Å². The number of ether oxygens (including phenoxy) is 1. The minimum Gasteiger partial charge on any atom is -0.467 e. The largest absolute Gasteiger partial charge is 0.467 e. The van der Waals surface area contributed by atoms with Gasteiger partial charge < -0.3 is 10.1 Å². The van der Waals surface area contributed by atoms with Gasteiger partial charge in [0.1, 0.15) is 6.04 Å². The molecule has 0 spiro atoms. The first kappa shape index (κ1) is 17.6. The maximum atomic E-state index is 12.0. The Labute approximate surface area is 128 Å². The zero-order valence-corrected chi connectivity index (χ0v) is 12.9. The molecule has 1 amide bonds. The summed E-state index contributed by atoms with van der Waals surface area (Å²) in [4.78, 5) is 33.9. The summed E-state index contributed by atoms with van der Waals surface area (Å²) in [5.41, 5.74) is 0.442. The Kier molecular flexibility index (Phi) is 6.49. The lowest BCUT2D eigenvalue weighted by molar-refractivity contribution is -0.384. The van der Waals surface area contributed by atoms with E-state index >= 15 is 0 Å². The van der Waals surface area contributed by atoms with Gasteiger partial charge in [-0.15, -0.1) is 0 Å². The highest BCUT2D eigenvalue weighted by Gasteiger charge is 2.22. The summed E-state index contributed by atoms with van der Waals surface area (Å²) in [5, 5.41) is 13.3. The molecule has 22 heavy (non-hydrogen) atoms. The minimum absolute atomic E-state index is 0.0345. The van der Waals surface area contributed by atoms with Crippen LogP contribution in [-0.4, -0.2) is 30.0 Å². The predicted octanol–water partition coefficient (Wildman–Crippen LogP) is 1.84. The number of hydrogen-bond donors (Lipinski definition) is 1. The highest BCUT2D eigenvalue weighted by molar-refractivity contribution is 5.85. The molecule has 0 radical (unpaired) electrons. The van der Waals surface area contributed by atoms with Gasteiger partial charge in [0.05, 0.1) is 18.5 Å². The smallest absolute Gasteiger partial charge is 0.328 e. The van der Waals surface area contributed by atoms with Gasteiger partial charge in [0.15, 0.2) is 0 Å². The molecule has 0 heterocycles. The van der Waals surface area contributed by atoms with Gasteiger partial charge in [0, 0.05) is 12.1 Å². The second-order valence-electron chi connectivity index (χ2n) is 5.38. The fourth-order valence-corrected chi connectivity index (χ4v) is 2.04. The Morgan fingerprint density at radius 1 is 1.36 bits per heavy atom. The molecule has 1 aromatic rings. The Morgan fingerprint density at radius 3 is 2.59 bits per heavy atom. The molecule has 7 nitrogen and oxygen atoms in total. The van der Waals surface area contributed by atoms with Crippen molar-refractivity contribution in [2.45, 2.75) is 32.7 Å². The summed E-state index contributed by atoms with van der Waals surface area (Å²) in [7, 11) is 1.27. The van der Waals surface area contributed by atoms with Gasteiger partial charge in [0.2, 0.25) is 5.91 Å². The number of esters is 1. The minimum atomic E-state index is -0.712. The third kappa shape index (κ3) is 5.51. The molecule has 0 saturated heterocycles. The Balaban J connectivity index is 2.72. The third-order valence-electron chi connectivity index (χ3n) is 3.01. The molecule has 120 valence electrons. The number of carbonyl (C=O) groups excluding carboxylic acids is 2. The topological polar surface area (TPSA) is 98.5 Å². The molecule has 0 aliphatic rings. The third-order valence-corrected chi connectivity index (χ3v) is 3.01. The van der Waals surface area contributed by atoms with E-state index in [4.69, 9.17) is 0 Å². The van der Waals surface area contributed by atoms with E-state index in [0.29, 0.717) is 12.0 Å². The van der Waals surface area contributed by atoms with Crippen molar-refractivity contribution < 1.29 is 19.2 Å². The molecule has 0 bridgehead atoms. The summed E-state index contributed by atoms with van der Waals surface area (Å²) >= 11 is 0. The van der Waals surface area contributed by atoms with Crippen molar-refractivity contribution in [2.24, 2.45) is 5.92 Å². The van der Waals surface area contributed by atoms with E-state index in [9.17, 15) is 19.7 Å². The van der Waals surface area contributed by atoms with Gasteiger partial charge in [-0.2, -0.15) is 0 Å². The lowest BCUT2D eigenvalue weighted by Gasteiger charge is -2.18. The maximum Gasteiger partial charge on any atom is 0.328 e. The van der Waals surface area contributed by atoms with E-state index in [0.717, 1.165) is 0 Å². The molecule has 1 atom stereocenters. The van der Waals surface area contributed by atoms with Crippen LogP contribution in [0.25, 0.3) is 0 Å². The Hall–Kier alpha value is -2.44. The molecule has 7 heteroatoms. The number of amides is 1. The van der Waals surface area contributed by atoms with Crippen LogP contribution in [0.4, 0.5) is 5.69 Å². The molecule has 0 saturated carbocycles. The lowest BCUT2D eigenvalue weighted by atomic mass is 10.0. The first-order valence-corrected chi connectivity index (χ1v) is 6.94. The van der Waals surface area contributed by atoms with Crippen LogP contribution in [0.5, 0.6) is 0 Å². The first-order valence-electron chi connectivity index (χ1n) is 6.94. The van der Waals surface area contributed by atoms with Crippen molar-refractivity contribution in [3.8, 4) is 0 Å². The summed E-state index contributed by atoms with van der Waals surface area (Å²) < 4.78 is 4.67. The fraction of sp³-hybridized carbons (Fsp3) is 0.467. The molecule has 0 aliphatic carbocycles. The van der Waals surface area contributed by atoms with Gasteiger partial charge in [-0.05, 0) is 17.9 Å².